The molecule has 16 rings (SSSR count). The summed E-state index contributed by atoms with van der Waals surface area (Å²) in [5.74, 6) is 3.20. The molecule has 0 N–H and O–H groups in total. The molecule has 0 aliphatic heterocycles. The number of para-hydroxylation sites is 1. The average Bonchev–Trinajstić information content (AvgIpc) is 3.98. The summed E-state index contributed by atoms with van der Waals surface area (Å²) in [7, 11) is 0. The van der Waals surface area contributed by atoms with Crippen molar-refractivity contribution in [2.24, 2.45) is 23.7 Å². The molecule has 6 aliphatic rings. The van der Waals surface area contributed by atoms with Gasteiger partial charge in [-0.2, -0.15) is 0 Å². The molecule has 0 amide bonds. The van der Waals surface area contributed by atoms with E-state index in [1.165, 1.54) is 136 Å². The van der Waals surface area contributed by atoms with Gasteiger partial charge in [0.1, 0.15) is 0 Å². The number of hydrogen-bond acceptors (Lipinski definition) is 2. The summed E-state index contributed by atoms with van der Waals surface area (Å²) in [6.07, 6.45) is 6.95. The predicted octanol–water partition coefficient (Wildman–Crippen LogP) is 18.0. The predicted molar refractivity (Wildman–Crippen MR) is 283 cm³/mol. The lowest BCUT2D eigenvalue weighted by molar-refractivity contribution is -0.0399. The molecule has 10 aromatic rings. The van der Waals surface area contributed by atoms with E-state index in [2.05, 4.69) is 207 Å². The molecular weight excluding hydrogens is 827 g/mol. The third kappa shape index (κ3) is 5.20. The quantitative estimate of drug-likeness (QED) is 0.166. The van der Waals surface area contributed by atoms with Crippen LogP contribution in [0.4, 0.5) is 17.1 Å². The second kappa shape index (κ2) is 13.9. The van der Waals surface area contributed by atoms with Crippen LogP contribution in [0, 0.1) is 23.7 Å². The van der Waals surface area contributed by atoms with Crippen molar-refractivity contribution in [1.82, 2.24) is 0 Å². The van der Waals surface area contributed by atoms with Gasteiger partial charge >= 0.3 is 0 Å². The Morgan fingerprint density at radius 3 is 1.78 bits per heavy atom. The van der Waals surface area contributed by atoms with Crippen molar-refractivity contribution in [3.05, 3.63) is 210 Å². The number of rotatable bonds is 5. The van der Waals surface area contributed by atoms with Gasteiger partial charge in [0, 0.05) is 47.9 Å². The van der Waals surface area contributed by atoms with Crippen LogP contribution in [-0.2, 0) is 10.8 Å². The summed E-state index contributed by atoms with van der Waals surface area (Å²) in [5.41, 5.74) is 20.3. The van der Waals surface area contributed by atoms with E-state index in [1.807, 2.05) is 11.3 Å². The Morgan fingerprint density at radius 1 is 0.418 bits per heavy atom. The van der Waals surface area contributed by atoms with Gasteiger partial charge in [-0.1, -0.05) is 172 Å². The Hall–Kier alpha value is -6.74. The van der Waals surface area contributed by atoms with Crippen LogP contribution in [0.2, 0.25) is 0 Å². The van der Waals surface area contributed by atoms with Crippen LogP contribution in [0.3, 0.4) is 0 Å². The molecule has 1 nitrogen and oxygen atoms in total. The monoisotopic (exact) mass is 877 g/mol. The molecule has 1 heterocycles. The maximum atomic E-state index is 2.67. The number of benzene rings is 9. The van der Waals surface area contributed by atoms with Gasteiger partial charge in [-0.3, -0.25) is 0 Å². The summed E-state index contributed by atoms with van der Waals surface area (Å²) >= 11 is 1.94. The summed E-state index contributed by atoms with van der Waals surface area (Å²) in [6.45, 7) is 4.84. The summed E-state index contributed by atoms with van der Waals surface area (Å²) in [6, 6.07) is 72.3. The molecule has 6 aliphatic carbocycles. The maximum Gasteiger partial charge on any atom is 0.0540 e. The molecule has 9 aromatic carbocycles. The van der Waals surface area contributed by atoms with E-state index in [-0.39, 0.29) is 10.8 Å². The highest BCUT2D eigenvalue weighted by atomic mass is 32.1. The van der Waals surface area contributed by atoms with Gasteiger partial charge in [0.15, 0.2) is 0 Å². The third-order valence-electron chi connectivity index (χ3n) is 17.6. The molecule has 0 saturated heterocycles. The zero-order valence-electron chi connectivity index (χ0n) is 38.1. The Bertz CT molecular complexity index is 3670. The van der Waals surface area contributed by atoms with E-state index >= 15 is 0 Å². The van der Waals surface area contributed by atoms with Crippen molar-refractivity contribution in [2.45, 2.75) is 56.8 Å². The summed E-state index contributed by atoms with van der Waals surface area (Å²) < 4.78 is 2.72. The van der Waals surface area contributed by atoms with Crippen molar-refractivity contribution in [3.63, 3.8) is 0 Å². The van der Waals surface area contributed by atoms with Gasteiger partial charge < -0.3 is 4.90 Å². The molecule has 67 heavy (non-hydrogen) atoms. The molecule has 4 bridgehead atoms. The molecule has 4 saturated carbocycles. The van der Waals surface area contributed by atoms with Gasteiger partial charge in [-0.25, -0.2) is 0 Å². The number of thiophene rings is 1. The van der Waals surface area contributed by atoms with Crippen LogP contribution in [0.5, 0.6) is 0 Å². The highest BCUT2D eigenvalue weighted by molar-refractivity contribution is 7.27. The van der Waals surface area contributed by atoms with Gasteiger partial charge in [0.2, 0.25) is 0 Å². The van der Waals surface area contributed by atoms with Gasteiger partial charge in [-0.05, 0) is 158 Å². The molecule has 2 heteroatoms. The van der Waals surface area contributed by atoms with Crippen LogP contribution in [0.15, 0.2) is 188 Å². The first-order valence-corrected chi connectivity index (χ1v) is 25.6. The van der Waals surface area contributed by atoms with Crippen molar-refractivity contribution in [2.75, 3.05) is 4.90 Å². The third-order valence-corrected chi connectivity index (χ3v) is 18.9. The van der Waals surface area contributed by atoms with E-state index in [0.29, 0.717) is 11.8 Å². The first-order chi connectivity index (χ1) is 32.9. The van der Waals surface area contributed by atoms with Crippen LogP contribution >= 0.6 is 11.3 Å². The zero-order valence-corrected chi connectivity index (χ0v) is 38.9. The Balaban J connectivity index is 0.932. The minimum absolute atomic E-state index is 0.0781. The highest BCUT2D eigenvalue weighted by Gasteiger charge is 2.61. The van der Waals surface area contributed by atoms with Crippen molar-refractivity contribution >= 4 is 59.3 Å². The average molecular weight is 878 g/mol. The summed E-state index contributed by atoms with van der Waals surface area (Å²) in [5, 5.41) is 5.31. The number of anilines is 3. The van der Waals surface area contributed by atoms with Crippen molar-refractivity contribution in [3.8, 4) is 44.5 Å². The minimum Gasteiger partial charge on any atom is -0.310 e. The maximum absolute atomic E-state index is 2.67. The highest BCUT2D eigenvalue weighted by Crippen LogP contribution is 2.70. The smallest absolute Gasteiger partial charge is 0.0540 e. The summed E-state index contributed by atoms with van der Waals surface area (Å²) in [4.78, 5) is 2.60. The molecule has 0 atom stereocenters. The van der Waals surface area contributed by atoms with Gasteiger partial charge in [-0.15, -0.1) is 11.3 Å². The van der Waals surface area contributed by atoms with Crippen molar-refractivity contribution in [1.29, 1.82) is 0 Å². The van der Waals surface area contributed by atoms with E-state index in [4.69, 9.17) is 0 Å². The second-order valence-corrected chi connectivity index (χ2v) is 22.2. The minimum atomic E-state index is -0.146. The zero-order chi connectivity index (χ0) is 44.2. The largest absolute Gasteiger partial charge is 0.310 e. The van der Waals surface area contributed by atoms with Crippen LogP contribution in [-0.4, -0.2) is 0 Å². The second-order valence-electron chi connectivity index (χ2n) is 21.2. The van der Waals surface area contributed by atoms with Gasteiger partial charge in [0.25, 0.3) is 0 Å². The number of fused-ring (bicyclic) bond motifs is 11. The first-order valence-electron chi connectivity index (χ1n) is 24.8. The lowest BCUT2D eigenvalue weighted by Gasteiger charge is -2.61. The number of nitrogens with zero attached hydrogens (tertiary/aromatic N) is 1. The van der Waals surface area contributed by atoms with Crippen LogP contribution in [0.25, 0.3) is 75.5 Å². The SMILES string of the molecule is CC1(C)c2ccccc2-c2cccc(-c3ccccc3N(c3ccc(-c4cccc5c4sc4c6ccccc6ccc54)cc3)c3ccc4c(c3)C3(c5ccccc5-4)C4CC5CC(C4)CC3C5)c21. The standard InChI is InChI=1S/C65H51NS/c1-64(2)57-22-8-5-16-50(57)53-19-12-20-54(61(53)64)52-17-7-10-24-60(52)66(45-28-25-42(26-29-45)48-18-11-21-55-56-31-27-41-13-3-4-14-47(41)63(56)67-62(48)55)46-30-32-51-49-15-6-9-23-58(49)65(59(51)38-46)43-34-39-33-40(36-43)37-44(65)35-39/h3-32,38-40,43-44H,33-37H2,1-2H3. The molecule has 0 unspecified atom stereocenters. The van der Waals surface area contributed by atoms with E-state index in [0.717, 1.165) is 11.8 Å². The fraction of sp³-hybridized carbons (Fsp3) is 0.200. The fourth-order valence-electron chi connectivity index (χ4n) is 15.2. The molecular formula is C65H51NS. The van der Waals surface area contributed by atoms with Crippen molar-refractivity contribution < 1.29 is 0 Å². The molecule has 1 aromatic heterocycles. The molecule has 4 fully saturated rings. The van der Waals surface area contributed by atoms with E-state index < -0.39 is 0 Å². The lowest BCUT2D eigenvalue weighted by atomic mass is 9.43. The van der Waals surface area contributed by atoms with Crippen LogP contribution < -0.4 is 4.90 Å². The first kappa shape index (κ1) is 38.4. The van der Waals surface area contributed by atoms with E-state index in [9.17, 15) is 0 Å². The van der Waals surface area contributed by atoms with Crippen LogP contribution in [0.1, 0.15) is 68.2 Å². The molecule has 0 radical (unpaired) electrons. The fourth-order valence-corrected chi connectivity index (χ4v) is 16.6. The number of hydrogen-bond donors (Lipinski definition) is 0. The molecule has 322 valence electrons. The Morgan fingerprint density at radius 2 is 0.985 bits per heavy atom. The lowest BCUT2D eigenvalue weighted by Crippen LogP contribution is -2.55. The Kier molecular flexibility index (Phi) is 7.97. The van der Waals surface area contributed by atoms with E-state index in [1.54, 1.807) is 11.1 Å². The van der Waals surface area contributed by atoms with Gasteiger partial charge in [0.05, 0.1) is 5.69 Å². The normalized spacial score (nSPS) is 22.4. The Labute approximate surface area is 397 Å². The topological polar surface area (TPSA) is 3.24 Å². The molecule has 1 spiro atoms.